The summed E-state index contributed by atoms with van der Waals surface area (Å²) >= 11 is 0. The van der Waals surface area contributed by atoms with Crippen LogP contribution < -0.4 is 0 Å². The Balaban J connectivity index is 1.79. The van der Waals surface area contributed by atoms with Gasteiger partial charge in [0.1, 0.15) is 5.76 Å². The zero-order valence-corrected chi connectivity index (χ0v) is 17.3. The molecule has 7 heteroatoms. The maximum absolute atomic E-state index is 13.2. The lowest BCUT2D eigenvalue weighted by Crippen LogP contribution is -2.41. The Bertz CT molecular complexity index is 876. The average Bonchev–Trinajstić information content (AvgIpc) is 3.34. The summed E-state index contributed by atoms with van der Waals surface area (Å²) in [6, 6.07) is 10.1. The molecule has 28 heavy (non-hydrogen) atoms. The molecule has 1 amide bonds. The molecule has 0 aliphatic carbocycles. The van der Waals surface area contributed by atoms with Crippen molar-refractivity contribution in [2.75, 3.05) is 19.6 Å². The molecule has 6 nitrogen and oxygen atoms in total. The van der Waals surface area contributed by atoms with Gasteiger partial charge in [0.15, 0.2) is 0 Å². The van der Waals surface area contributed by atoms with E-state index in [0.29, 0.717) is 24.8 Å². The summed E-state index contributed by atoms with van der Waals surface area (Å²) in [5, 5.41) is 0. The zero-order valence-electron chi connectivity index (χ0n) is 16.5. The second kappa shape index (κ2) is 8.92. The number of amides is 1. The van der Waals surface area contributed by atoms with Gasteiger partial charge < -0.3 is 9.32 Å². The smallest absolute Gasteiger partial charge is 0.243 e. The van der Waals surface area contributed by atoms with Crippen molar-refractivity contribution in [2.24, 2.45) is 5.92 Å². The number of likely N-dealkylation sites (tertiary alicyclic amines) is 1. The first kappa shape index (κ1) is 20.6. The molecular weight excluding hydrogens is 376 g/mol. The van der Waals surface area contributed by atoms with E-state index in [1.165, 1.54) is 10.6 Å². The lowest BCUT2D eigenvalue weighted by molar-refractivity contribution is -0.130. The molecule has 1 aliphatic rings. The first-order valence-electron chi connectivity index (χ1n) is 9.77. The summed E-state index contributed by atoms with van der Waals surface area (Å²) in [6.07, 6.45) is 4.69. The Kier molecular flexibility index (Phi) is 6.57. The number of hydrogen-bond donors (Lipinski definition) is 0. The number of benzene rings is 1. The highest BCUT2D eigenvalue weighted by molar-refractivity contribution is 7.89. The largest absolute Gasteiger partial charge is 0.468 e. The van der Waals surface area contributed by atoms with Gasteiger partial charge in [0.2, 0.25) is 15.9 Å². The van der Waals surface area contributed by atoms with Gasteiger partial charge in [0.25, 0.3) is 0 Å². The molecule has 0 N–H and O–H groups in total. The van der Waals surface area contributed by atoms with Gasteiger partial charge in [-0.3, -0.25) is 4.79 Å². The molecule has 0 bridgehead atoms. The van der Waals surface area contributed by atoms with E-state index in [1.807, 2.05) is 6.92 Å². The van der Waals surface area contributed by atoms with Crippen LogP contribution in [0.2, 0.25) is 0 Å². The van der Waals surface area contributed by atoms with Crippen molar-refractivity contribution in [3.63, 3.8) is 0 Å². The molecule has 1 aliphatic heterocycles. The first-order valence-corrected chi connectivity index (χ1v) is 11.2. The highest BCUT2D eigenvalue weighted by atomic mass is 32.2. The summed E-state index contributed by atoms with van der Waals surface area (Å²) < 4.78 is 33.0. The number of hydrogen-bond acceptors (Lipinski definition) is 4. The van der Waals surface area contributed by atoms with E-state index in [0.717, 1.165) is 24.8 Å². The molecule has 0 unspecified atom stereocenters. The van der Waals surface area contributed by atoms with E-state index in [-0.39, 0.29) is 23.9 Å². The third-order valence-electron chi connectivity index (χ3n) is 5.22. The second-order valence-corrected chi connectivity index (χ2v) is 9.39. The van der Waals surface area contributed by atoms with E-state index >= 15 is 0 Å². The van der Waals surface area contributed by atoms with E-state index in [2.05, 4.69) is 6.92 Å². The van der Waals surface area contributed by atoms with Gasteiger partial charge in [-0.15, -0.1) is 0 Å². The third kappa shape index (κ3) is 4.83. The summed E-state index contributed by atoms with van der Waals surface area (Å²) in [5.74, 6) is 0.871. The number of carbonyl (C=O) groups excluding carboxylic acids is 1. The molecule has 0 spiro atoms. The van der Waals surface area contributed by atoms with Gasteiger partial charge in [-0.05, 0) is 49.9 Å². The SMILES string of the molecule is CCC[C@H]1CCN(C(=O)CN(Cc2ccco2)S(=O)(=O)c2ccc(C)cc2)C1. The third-order valence-corrected chi connectivity index (χ3v) is 7.02. The minimum absolute atomic E-state index is 0.0289. The van der Waals surface area contributed by atoms with Crippen LogP contribution in [0, 0.1) is 12.8 Å². The van der Waals surface area contributed by atoms with E-state index in [9.17, 15) is 13.2 Å². The molecule has 152 valence electrons. The Morgan fingerprint density at radius 1 is 1.25 bits per heavy atom. The second-order valence-electron chi connectivity index (χ2n) is 7.45. The van der Waals surface area contributed by atoms with Gasteiger partial charge >= 0.3 is 0 Å². The van der Waals surface area contributed by atoms with Crippen LogP contribution in [-0.2, 0) is 21.4 Å². The van der Waals surface area contributed by atoms with E-state index < -0.39 is 10.0 Å². The van der Waals surface area contributed by atoms with Crippen LogP contribution in [0.3, 0.4) is 0 Å². The topological polar surface area (TPSA) is 70.8 Å². The molecule has 3 rings (SSSR count). The minimum Gasteiger partial charge on any atom is -0.468 e. The average molecular weight is 405 g/mol. The summed E-state index contributed by atoms with van der Waals surface area (Å²) in [5.41, 5.74) is 0.978. The molecule has 1 atom stereocenters. The Hall–Kier alpha value is -2.12. The number of furan rings is 1. The van der Waals surface area contributed by atoms with Gasteiger partial charge in [-0.2, -0.15) is 4.31 Å². The van der Waals surface area contributed by atoms with Crippen LogP contribution in [-0.4, -0.2) is 43.2 Å². The molecule has 1 aromatic heterocycles. The van der Waals surface area contributed by atoms with Crippen molar-refractivity contribution in [2.45, 2.75) is 44.6 Å². The van der Waals surface area contributed by atoms with E-state index in [1.54, 1.807) is 41.3 Å². The fraction of sp³-hybridized carbons (Fsp3) is 0.476. The van der Waals surface area contributed by atoms with Gasteiger partial charge in [0, 0.05) is 13.1 Å². The highest BCUT2D eigenvalue weighted by Gasteiger charge is 2.32. The molecule has 1 aromatic carbocycles. The van der Waals surface area contributed by atoms with Crippen molar-refractivity contribution in [3.8, 4) is 0 Å². The standard InChI is InChI=1S/C21H28N2O4S/c1-3-5-18-11-12-22(14-18)21(24)16-23(15-19-6-4-13-27-19)28(25,26)20-9-7-17(2)8-10-20/h4,6-10,13,18H,3,5,11-12,14-16H2,1-2H3/t18-/m0/s1. The number of nitrogens with zero attached hydrogens (tertiary/aromatic N) is 2. The van der Waals surface area contributed by atoms with Crippen LogP contribution in [0.1, 0.15) is 37.5 Å². The van der Waals surface area contributed by atoms with Crippen LogP contribution in [0.4, 0.5) is 0 Å². The zero-order chi connectivity index (χ0) is 20.1. The normalized spacial score (nSPS) is 17.4. The van der Waals surface area contributed by atoms with Gasteiger partial charge in [-0.1, -0.05) is 31.0 Å². The first-order chi connectivity index (χ1) is 13.4. The highest BCUT2D eigenvalue weighted by Crippen LogP contribution is 2.23. The molecule has 2 heterocycles. The molecular formula is C21H28N2O4S. The van der Waals surface area contributed by atoms with Gasteiger partial charge in [-0.25, -0.2) is 8.42 Å². The van der Waals surface area contributed by atoms with E-state index in [4.69, 9.17) is 4.42 Å². The fourth-order valence-electron chi connectivity index (χ4n) is 3.62. The quantitative estimate of drug-likeness (QED) is 0.676. The summed E-state index contributed by atoms with van der Waals surface area (Å²) in [7, 11) is -3.82. The number of rotatable bonds is 8. The van der Waals surface area contributed by atoms with Crippen LogP contribution >= 0.6 is 0 Å². The minimum atomic E-state index is -3.82. The Labute approximate surface area is 167 Å². The number of sulfonamides is 1. The van der Waals surface area contributed by atoms with Crippen LogP contribution in [0.5, 0.6) is 0 Å². The van der Waals surface area contributed by atoms with Crippen molar-refractivity contribution < 1.29 is 17.6 Å². The summed E-state index contributed by atoms with van der Waals surface area (Å²) in [6.45, 7) is 5.30. The molecule has 0 saturated carbocycles. The monoisotopic (exact) mass is 404 g/mol. The maximum Gasteiger partial charge on any atom is 0.243 e. The lowest BCUT2D eigenvalue weighted by atomic mass is 10.0. The Morgan fingerprint density at radius 2 is 2.00 bits per heavy atom. The molecule has 0 radical (unpaired) electrons. The maximum atomic E-state index is 13.2. The molecule has 2 aromatic rings. The number of carbonyl (C=O) groups is 1. The molecule has 1 saturated heterocycles. The van der Waals surface area contributed by atoms with Crippen molar-refractivity contribution in [3.05, 3.63) is 54.0 Å². The van der Waals surface area contributed by atoms with Crippen LogP contribution in [0.25, 0.3) is 0 Å². The predicted octanol–water partition coefficient (Wildman–Crippen LogP) is 3.43. The number of aryl methyl sites for hydroxylation is 1. The van der Waals surface area contributed by atoms with Crippen molar-refractivity contribution in [1.29, 1.82) is 0 Å². The van der Waals surface area contributed by atoms with Crippen molar-refractivity contribution in [1.82, 2.24) is 9.21 Å². The van der Waals surface area contributed by atoms with Crippen LogP contribution in [0.15, 0.2) is 52.0 Å². The molecule has 1 fully saturated rings. The van der Waals surface area contributed by atoms with Crippen molar-refractivity contribution >= 4 is 15.9 Å². The predicted molar refractivity (Wildman–Crippen MR) is 107 cm³/mol. The summed E-state index contributed by atoms with van der Waals surface area (Å²) in [4.78, 5) is 14.8. The lowest BCUT2D eigenvalue weighted by Gasteiger charge is -2.24. The Morgan fingerprint density at radius 3 is 2.64 bits per heavy atom. The van der Waals surface area contributed by atoms with Gasteiger partial charge in [0.05, 0.1) is 24.2 Å². The fourth-order valence-corrected chi connectivity index (χ4v) is 4.97.